The predicted molar refractivity (Wildman–Crippen MR) is 112 cm³/mol. The molecule has 10 nitrogen and oxygen atoms in total. The third-order valence-electron chi connectivity index (χ3n) is 5.42. The fraction of sp³-hybridized carbons (Fsp3) is 0.474. The van der Waals surface area contributed by atoms with Gasteiger partial charge in [-0.3, -0.25) is 4.79 Å². The molecule has 1 saturated heterocycles. The Hall–Kier alpha value is -2.57. The molecule has 1 saturated carbocycles. The Kier molecular flexibility index (Phi) is 9.56. The Balaban J connectivity index is 0.00000210. The van der Waals surface area contributed by atoms with Gasteiger partial charge in [-0.25, -0.2) is 4.39 Å². The number of quaternary nitrogens is 1. The Labute approximate surface area is 173 Å². The summed E-state index contributed by atoms with van der Waals surface area (Å²) in [7, 11) is 0. The molecule has 0 radical (unpaired) electrons. The fourth-order valence-electron chi connectivity index (χ4n) is 3.71. The molecule has 1 aromatic heterocycles. The van der Waals surface area contributed by atoms with Crippen LogP contribution >= 0.6 is 0 Å². The molecule has 0 atom stereocenters. The summed E-state index contributed by atoms with van der Waals surface area (Å²) in [5.41, 5.74) is -0.0219. The zero-order chi connectivity index (χ0) is 18.4. The van der Waals surface area contributed by atoms with E-state index in [4.69, 9.17) is 0 Å². The first-order chi connectivity index (χ1) is 12.5. The first kappa shape index (κ1) is 27.4. The van der Waals surface area contributed by atoms with Gasteiger partial charge < -0.3 is 46.8 Å². The number of likely N-dealkylation sites (N-methyl/N-ethyl adjacent to an activating group) is 1. The number of fused-ring (bicyclic) bond motifs is 1. The van der Waals surface area contributed by atoms with Crippen LogP contribution in [0.1, 0.15) is 36.2 Å². The van der Waals surface area contributed by atoms with E-state index < -0.39 is 22.8 Å². The number of carboxylic acids is 1. The third-order valence-corrected chi connectivity index (χ3v) is 5.42. The molecule has 0 unspecified atom stereocenters. The highest BCUT2D eigenvalue weighted by Crippen LogP contribution is 2.38. The van der Waals surface area contributed by atoms with E-state index in [2.05, 4.69) is 11.8 Å². The van der Waals surface area contributed by atoms with Gasteiger partial charge in [-0.1, -0.05) is 6.92 Å². The molecule has 170 valence electrons. The quantitative estimate of drug-likeness (QED) is 0.639. The fourth-order valence-corrected chi connectivity index (χ4v) is 3.71. The lowest BCUT2D eigenvalue weighted by Crippen LogP contribution is -2.46. The molecule has 1 aliphatic carbocycles. The van der Waals surface area contributed by atoms with Gasteiger partial charge in [0.2, 0.25) is 0 Å². The molecule has 1 aliphatic heterocycles. The zero-order valence-electron chi connectivity index (χ0n) is 17.2. The van der Waals surface area contributed by atoms with Crippen molar-refractivity contribution in [2.45, 2.75) is 25.8 Å². The summed E-state index contributed by atoms with van der Waals surface area (Å²) >= 11 is 0. The average Bonchev–Trinajstić information content (AvgIpc) is 3.47. The van der Waals surface area contributed by atoms with Crippen molar-refractivity contribution in [3.63, 3.8) is 0 Å². The SMILES string of the molecule is CCN1CCN(c2cc3c(cc2F)c(=O)c(C(=O)[O-])cn3C2CC2)CC1.O.O.O.[NH4+]. The van der Waals surface area contributed by atoms with E-state index in [1.807, 2.05) is 4.90 Å². The second-order valence-electron chi connectivity index (χ2n) is 7.04. The summed E-state index contributed by atoms with van der Waals surface area (Å²) < 4.78 is 16.6. The number of benzene rings is 1. The van der Waals surface area contributed by atoms with Crippen molar-refractivity contribution in [2.75, 3.05) is 37.6 Å². The number of carbonyl (C=O) groups is 1. The predicted octanol–water partition coefficient (Wildman–Crippen LogP) is -1.12. The maximum atomic E-state index is 14.8. The summed E-state index contributed by atoms with van der Waals surface area (Å²) in [6.45, 7) is 6.26. The Bertz CT molecular complexity index is 939. The van der Waals surface area contributed by atoms with Crippen LogP contribution in [0.15, 0.2) is 23.1 Å². The van der Waals surface area contributed by atoms with Crippen molar-refractivity contribution < 1.29 is 30.7 Å². The minimum Gasteiger partial charge on any atom is -0.545 e. The van der Waals surface area contributed by atoms with Crippen molar-refractivity contribution in [3.05, 3.63) is 39.9 Å². The zero-order valence-corrected chi connectivity index (χ0v) is 17.2. The first-order valence-corrected chi connectivity index (χ1v) is 9.06. The summed E-state index contributed by atoms with van der Waals surface area (Å²) in [5, 5.41) is 11.4. The molecule has 2 aliphatic rings. The number of hydrogen-bond acceptors (Lipinski definition) is 5. The molecule has 4 rings (SSSR count). The van der Waals surface area contributed by atoms with Crippen LogP contribution in [0.3, 0.4) is 0 Å². The lowest BCUT2D eigenvalue weighted by atomic mass is 10.1. The van der Waals surface area contributed by atoms with Crippen LogP contribution in [-0.2, 0) is 0 Å². The Morgan fingerprint density at radius 2 is 1.73 bits per heavy atom. The van der Waals surface area contributed by atoms with E-state index in [-0.39, 0.29) is 34.0 Å². The van der Waals surface area contributed by atoms with E-state index in [0.29, 0.717) is 11.2 Å². The van der Waals surface area contributed by atoms with E-state index in [9.17, 15) is 19.1 Å². The molecule has 11 heteroatoms. The molecular weight excluding hydrogens is 399 g/mol. The summed E-state index contributed by atoms with van der Waals surface area (Å²) in [6.07, 6.45) is 3.20. The Morgan fingerprint density at radius 3 is 2.23 bits per heavy atom. The smallest absolute Gasteiger partial charge is 0.198 e. The van der Waals surface area contributed by atoms with Gasteiger partial charge in [0.1, 0.15) is 5.82 Å². The molecule has 0 spiro atoms. The van der Waals surface area contributed by atoms with Crippen LogP contribution in [0.5, 0.6) is 0 Å². The molecule has 10 N–H and O–H groups in total. The van der Waals surface area contributed by atoms with Crippen molar-refractivity contribution in [1.82, 2.24) is 15.6 Å². The maximum absolute atomic E-state index is 14.8. The molecule has 0 amide bonds. The van der Waals surface area contributed by atoms with E-state index in [0.717, 1.165) is 45.6 Å². The van der Waals surface area contributed by atoms with Gasteiger partial charge in [0.25, 0.3) is 0 Å². The Morgan fingerprint density at radius 1 is 1.13 bits per heavy atom. The minimum absolute atomic E-state index is 0. The third kappa shape index (κ3) is 4.77. The van der Waals surface area contributed by atoms with Crippen LogP contribution in [0.4, 0.5) is 10.1 Å². The van der Waals surface area contributed by atoms with E-state index >= 15 is 0 Å². The van der Waals surface area contributed by atoms with Crippen LogP contribution in [0, 0.1) is 5.82 Å². The number of aromatic carboxylic acids is 1. The molecule has 2 fully saturated rings. The van der Waals surface area contributed by atoms with E-state index in [1.54, 1.807) is 10.6 Å². The van der Waals surface area contributed by atoms with Crippen LogP contribution in [0.25, 0.3) is 10.9 Å². The number of aromatic nitrogens is 1. The molecule has 30 heavy (non-hydrogen) atoms. The second-order valence-corrected chi connectivity index (χ2v) is 7.04. The van der Waals surface area contributed by atoms with Gasteiger partial charge in [0, 0.05) is 43.8 Å². The summed E-state index contributed by atoms with van der Waals surface area (Å²) in [6, 6.07) is 3.04. The van der Waals surface area contributed by atoms with Crippen LogP contribution < -0.4 is 21.6 Å². The summed E-state index contributed by atoms with van der Waals surface area (Å²) in [4.78, 5) is 28.1. The van der Waals surface area contributed by atoms with Gasteiger partial charge in [0.05, 0.1) is 22.7 Å². The average molecular weight is 430 g/mol. The molecular formula is C19H31FN4O6. The number of carbonyl (C=O) groups excluding carboxylic acids is 1. The lowest BCUT2D eigenvalue weighted by molar-refractivity contribution is -0.255. The number of anilines is 1. The van der Waals surface area contributed by atoms with Crippen molar-refractivity contribution >= 4 is 22.6 Å². The second kappa shape index (κ2) is 10.5. The normalized spacial score (nSPS) is 16.0. The number of nitrogens with zero attached hydrogens (tertiary/aromatic N) is 3. The highest BCUT2D eigenvalue weighted by Gasteiger charge is 2.27. The lowest BCUT2D eigenvalue weighted by Gasteiger charge is -2.35. The summed E-state index contributed by atoms with van der Waals surface area (Å²) in [5.74, 6) is -2.01. The van der Waals surface area contributed by atoms with E-state index in [1.165, 1.54) is 12.3 Å². The van der Waals surface area contributed by atoms with Gasteiger partial charge >= 0.3 is 0 Å². The van der Waals surface area contributed by atoms with Crippen molar-refractivity contribution in [1.29, 1.82) is 0 Å². The number of rotatable bonds is 4. The van der Waals surface area contributed by atoms with Gasteiger partial charge in [-0.05, 0) is 31.5 Å². The molecule has 2 aromatic rings. The first-order valence-electron chi connectivity index (χ1n) is 9.06. The number of halogens is 1. The molecule has 0 bridgehead atoms. The van der Waals surface area contributed by atoms with Gasteiger partial charge in [-0.15, -0.1) is 0 Å². The molecule has 2 heterocycles. The monoisotopic (exact) mass is 430 g/mol. The number of pyridine rings is 1. The topological polar surface area (TPSA) is 200 Å². The van der Waals surface area contributed by atoms with Gasteiger partial charge in [0.15, 0.2) is 5.43 Å². The van der Waals surface area contributed by atoms with Gasteiger partial charge in [-0.2, -0.15) is 0 Å². The van der Waals surface area contributed by atoms with Crippen molar-refractivity contribution in [3.8, 4) is 0 Å². The van der Waals surface area contributed by atoms with Crippen LogP contribution in [-0.4, -0.2) is 64.6 Å². The highest BCUT2D eigenvalue weighted by molar-refractivity contribution is 5.92. The largest absolute Gasteiger partial charge is 0.545 e. The number of carboxylic acid groups (broad SMARTS) is 1. The standard InChI is InChI=1S/C19H22FN3O3.H3N.3H2O/c1-2-21-5-7-22(8-6-21)17-10-16-13(9-15(17)20)18(24)14(19(25)26)11-23(16)12-3-4-12;;;;/h9-12H,2-8H2,1H3,(H,25,26);1H3;3*1H2. The van der Waals surface area contributed by atoms with Crippen molar-refractivity contribution in [2.24, 2.45) is 0 Å². The number of piperazine rings is 1. The minimum atomic E-state index is -1.52. The van der Waals surface area contributed by atoms with Crippen LogP contribution in [0.2, 0.25) is 0 Å². The number of hydrogen-bond donors (Lipinski definition) is 1. The molecule has 1 aromatic carbocycles. The maximum Gasteiger partial charge on any atom is 0.198 e. The highest BCUT2D eigenvalue weighted by atomic mass is 19.1.